The molecule has 0 radical (unpaired) electrons. The molecule has 0 bridgehead atoms. The average molecular weight is 297 g/mol. The van der Waals surface area contributed by atoms with Crippen LogP contribution in [0.25, 0.3) is 0 Å². The third-order valence-corrected chi connectivity index (χ3v) is 3.43. The normalized spacial score (nSPS) is 12.4. The Hall–Kier alpha value is -1.13. The van der Waals surface area contributed by atoms with Crippen LogP contribution in [0.3, 0.4) is 0 Å². The third-order valence-electron chi connectivity index (χ3n) is 3.43. The summed E-state index contributed by atoms with van der Waals surface area (Å²) in [5.41, 5.74) is 0.998. The monoisotopic (exact) mass is 297 g/mol. The predicted molar refractivity (Wildman–Crippen MR) is 84.5 cm³/mol. The van der Waals surface area contributed by atoms with E-state index in [0.29, 0.717) is 11.8 Å². The molecule has 0 aliphatic carbocycles. The van der Waals surface area contributed by atoms with E-state index in [2.05, 4.69) is 12.2 Å². The summed E-state index contributed by atoms with van der Waals surface area (Å²) < 4.78 is 24.1. The molecule has 21 heavy (non-hydrogen) atoms. The minimum Gasteiger partial charge on any atom is -0.494 e. The maximum absolute atomic E-state index is 13.7. The molecule has 0 amide bonds. The van der Waals surface area contributed by atoms with Crippen molar-refractivity contribution in [3.8, 4) is 5.75 Å². The number of nitrogens with one attached hydrogen (secondary N) is 1. The van der Waals surface area contributed by atoms with E-state index in [1.165, 1.54) is 7.11 Å². The average Bonchev–Trinajstić information content (AvgIpc) is 2.49. The molecule has 0 saturated carbocycles. The lowest BCUT2D eigenvalue weighted by molar-refractivity contribution is 0.140. The number of ether oxygens (including phenoxy) is 2. The van der Waals surface area contributed by atoms with E-state index in [4.69, 9.17) is 9.47 Å². The van der Waals surface area contributed by atoms with E-state index >= 15 is 0 Å². The van der Waals surface area contributed by atoms with Crippen LogP contribution in [-0.4, -0.2) is 32.9 Å². The Balaban J connectivity index is 2.55. The quantitative estimate of drug-likeness (QED) is 0.634. The van der Waals surface area contributed by atoms with E-state index in [-0.39, 0.29) is 5.82 Å². The highest BCUT2D eigenvalue weighted by Gasteiger charge is 2.11. The van der Waals surface area contributed by atoms with E-state index in [0.717, 1.165) is 51.0 Å². The second kappa shape index (κ2) is 10.6. The zero-order chi connectivity index (χ0) is 15.5. The van der Waals surface area contributed by atoms with Crippen molar-refractivity contribution in [1.29, 1.82) is 0 Å². The van der Waals surface area contributed by atoms with Gasteiger partial charge in [-0.25, -0.2) is 4.39 Å². The van der Waals surface area contributed by atoms with Crippen molar-refractivity contribution >= 4 is 0 Å². The summed E-state index contributed by atoms with van der Waals surface area (Å²) in [6.07, 6.45) is 3.98. The van der Waals surface area contributed by atoms with Crippen molar-refractivity contribution < 1.29 is 13.9 Å². The van der Waals surface area contributed by atoms with Crippen LogP contribution in [-0.2, 0) is 11.2 Å². The molecule has 120 valence electrons. The molecule has 1 atom stereocenters. The molecular weight excluding hydrogens is 269 g/mol. The van der Waals surface area contributed by atoms with E-state index < -0.39 is 0 Å². The van der Waals surface area contributed by atoms with Gasteiger partial charge in [-0.15, -0.1) is 0 Å². The fourth-order valence-corrected chi connectivity index (χ4v) is 2.32. The highest BCUT2D eigenvalue weighted by Crippen LogP contribution is 2.19. The Labute approximate surface area is 127 Å². The molecule has 0 fully saturated rings. The fourth-order valence-electron chi connectivity index (χ4n) is 2.32. The molecule has 0 aliphatic rings. The number of hydrogen-bond acceptors (Lipinski definition) is 3. The van der Waals surface area contributed by atoms with E-state index in [9.17, 15) is 4.39 Å². The van der Waals surface area contributed by atoms with Crippen molar-refractivity contribution in [3.63, 3.8) is 0 Å². The minimum absolute atomic E-state index is 0.293. The Morgan fingerprint density at radius 2 is 2.10 bits per heavy atom. The summed E-state index contributed by atoms with van der Waals surface area (Å²) in [5, 5.41) is 3.53. The maximum Gasteiger partial charge on any atom is 0.165 e. The summed E-state index contributed by atoms with van der Waals surface area (Å²) in [6, 6.07) is 5.56. The number of methoxy groups -OCH3 is 1. The molecule has 0 spiro atoms. The summed E-state index contributed by atoms with van der Waals surface area (Å²) in [6.45, 7) is 6.69. The molecule has 0 saturated heterocycles. The van der Waals surface area contributed by atoms with Crippen LogP contribution < -0.4 is 10.1 Å². The van der Waals surface area contributed by atoms with Gasteiger partial charge in [-0.2, -0.15) is 0 Å². The lowest BCUT2D eigenvalue weighted by atomic mass is 10.0. The first-order valence-electron chi connectivity index (χ1n) is 7.84. The summed E-state index contributed by atoms with van der Waals surface area (Å²) in [4.78, 5) is 0. The van der Waals surface area contributed by atoms with Gasteiger partial charge in [-0.05, 0) is 56.8 Å². The van der Waals surface area contributed by atoms with Crippen molar-refractivity contribution in [2.45, 2.75) is 45.6 Å². The first-order chi connectivity index (χ1) is 10.2. The van der Waals surface area contributed by atoms with Gasteiger partial charge in [0.05, 0.1) is 7.11 Å². The SMILES string of the molecule is CCCNC(CCCOCC)Cc1ccc(OC)c(F)c1. The van der Waals surface area contributed by atoms with Crippen molar-refractivity contribution in [1.82, 2.24) is 5.32 Å². The van der Waals surface area contributed by atoms with Gasteiger partial charge in [0.15, 0.2) is 11.6 Å². The Morgan fingerprint density at radius 3 is 2.71 bits per heavy atom. The molecule has 0 aliphatic heterocycles. The molecule has 4 heteroatoms. The van der Waals surface area contributed by atoms with Crippen LogP contribution in [0.4, 0.5) is 4.39 Å². The zero-order valence-electron chi connectivity index (χ0n) is 13.5. The molecule has 1 unspecified atom stereocenters. The number of benzene rings is 1. The maximum atomic E-state index is 13.7. The molecule has 3 nitrogen and oxygen atoms in total. The predicted octanol–water partition coefficient (Wildman–Crippen LogP) is 3.56. The highest BCUT2D eigenvalue weighted by molar-refractivity contribution is 5.29. The lowest BCUT2D eigenvalue weighted by Gasteiger charge is -2.19. The number of rotatable bonds is 11. The minimum atomic E-state index is -0.293. The van der Waals surface area contributed by atoms with Gasteiger partial charge in [0.25, 0.3) is 0 Å². The van der Waals surface area contributed by atoms with Crippen molar-refractivity contribution in [2.24, 2.45) is 0 Å². The smallest absolute Gasteiger partial charge is 0.165 e. The van der Waals surface area contributed by atoms with Crippen LogP contribution in [0.1, 0.15) is 38.7 Å². The highest BCUT2D eigenvalue weighted by atomic mass is 19.1. The van der Waals surface area contributed by atoms with Gasteiger partial charge in [0.2, 0.25) is 0 Å². The molecule has 1 N–H and O–H groups in total. The summed E-state index contributed by atoms with van der Waals surface area (Å²) in [5.74, 6) is 0.00622. The van der Waals surface area contributed by atoms with Gasteiger partial charge >= 0.3 is 0 Å². The fraction of sp³-hybridized carbons (Fsp3) is 0.647. The Bertz CT molecular complexity index is 398. The van der Waals surface area contributed by atoms with Crippen LogP contribution >= 0.6 is 0 Å². The van der Waals surface area contributed by atoms with E-state index in [1.807, 2.05) is 13.0 Å². The van der Waals surface area contributed by atoms with Crippen LogP contribution in [0.5, 0.6) is 5.75 Å². The molecule has 0 heterocycles. The van der Waals surface area contributed by atoms with Gasteiger partial charge in [-0.3, -0.25) is 0 Å². The number of halogens is 1. The topological polar surface area (TPSA) is 30.5 Å². The van der Waals surface area contributed by atoms with Gasteiger partial charge in [-0.1, -0.05) is 13.0 Å². The Kier molecular flexibility index (Phi) is 9.02. The third kappa shape index (κ3) is 6.91. The van der Waals surface area contributed by atoms with Crippen molar-refractivity contribution in [3.05, 3.63) is 29.6 Å². The first kappa shape index (κ1) is 17.9. The van der Waals surface area contributed by atoms with Crippen LogP contribution in [0, 0.1) is 5.82 Å². The molecule has 1 rings (SSSR count). The summed E-state index contributed by atoms with van der Waals surface area (Å²) >= 11 is 0. The molecule has 0 aromatic heterocycles. The van der Waals surface area contributed by atoms with E-state index in [1.54, 1.807) is 12.1 Å². The number of hydrogen-bond donors (Lipinski definition) is 1. The Morgan fingerprint density at radius 1 is 1.29 bits per heavy atom. The van der Waals surface area contributed by atoms with Crippen LogP contribution in [0.15, 0.2) is 18.2 Å². The van der Waals surface area contributed by atoms with Gasteiger partial charge < -0.3 is 14.8 Å². The van der Waals surface area contributed by atoms with Gasteiger partial charge in [0.1, 0.15) is 0 Å². The molecule has 1 aromatic carbocycles. The lowest BCUT2D eigenvalue weighted by Crippen LogP contribution is -2.32. The van der Waals surface area contributed by atoms with Gasteiger partial charge in [0, 0.05) is 19.3 Å². The second-order valence-corrected chi connectivity index (χ2v) is 5.16. The molecular formula is C17H28FNO2. The standard InChI is InChI=1S/C17H28FNO2/c1-4-10-19-15(7-6-11-21-5-2)12-14-8-9-17(20-3)16(18)13-14/h8-9,13,15,19H,4-7,10-12H2,1-3H3. The zero-order valence-corrected chi connectivity index (χ0v) is 13.5. The van der Waals surface area contributed by atoms with Crippen LogP contribution in [0.2, 0.25) is 0 Å². The second-order valence-electron chi connectivity index (χ2n) is 5.16. The van der Waals surface area contributed by atoms with Crippen molar-refractivity contribution in [2.75, 3.05) is 26.9 Å². The summed E-state index contributed by atoms with van der Waals surface area (Å²) in [7, 11) is 1.48. The first-order valence-corrected chi connectivity index (χ1v) is 7.84. The molecule has 1 aromatic rings. The largest absolute Gasteiger partial charge is 0.494 e.